The highest BCUT2D eigenvalue weighted by Gasteiger charge is 2.21. The molecule has 13 heavy (non-hydrogen) atoms. The van der Waals surface area contributed by atoms with Gasteiger partial charge in [-0.15, -0.1) is 0 Å². The van der Waals surface area contributed by atoms with Crippen molar-refractivity contribution in [3.8, 4) is 0 Å². The number of hydrogen-bond acceptors (Lipinski definition) is 3. The second kappa shape index (κ2) is 4.94. The fourth-order valence-electron chi connectivity index (χ4n) is 1.57. The molecule has 1 aliphatic heterocycles. The Kier molecular flexibility index (Phi) is 3.58. The van der Waals surface area contributed by atoms with E-state index in [-0.39, 0.29) is 0 Å². The summed E-state index contributed by atoms with van der Waals surface area (Å²) in [6.45, 7) is 4.60. The third-order valence-electron chi connectivity index (χ3n) is 2.66. The monoisotopic (exact) mass is 185 g/mol. The highest BCUT2D eigenvalue weighted by molar-refractivity contribution is 4.73. The van der Waals surface area contributed by atoms with Crippen molar-refractivity contribution >= 4 is 0 Å². The van der Waals surface area contributed by atoms with Crippen LogP contribution in [0.5, 0.6) is 0 Å². The molecule has 0 aromatic heterocycles. The van der Waals surface area contributed by atoms with Crippen LogP contribution >= 0.6 is 0 Å². The zero-order chi connectivity index (χ0) is 8.93. The van der Waals surface area contributed by atoms with Crippen LogP contribution in [-0.2, 0) is 9.47 Å². The molecule has 1 N–H and O–H groups in total. The lowest BCUT2D eigenvalue weighted by molar-refractivity contribution is 0.123. The third-order valence-corrected chi connectivity index (χ3v) is 2.66. The van der Waals surface area contributed by atoms with Crippen molar-refractivity contribution in [2.45, 2.75) is 25.3 Å². The Morgan fingerprint density at radius 2 is 2.23 bits per heavy atom. The third kappa shape index (κ3) is 3.63. The van der Waals surface area contributed by atoms with Crippen LogP contribution in [0.4, 0.5) is 0 Å². The van der Waals surface area contributed by atoms with Gasteiger partial charge in [-0.05, 0) is 25.2 Å². The predicted molar refractivity (Wildman–Crippen MR) is 50.8 cm³/mol. The van der Waals surface area contributed by atoms with Crippen molar-refractivity contribution in [2.75, 3.05) is 33.0 Å². The summed E-state index contributed by atoms with van der Waals surface area (Å²) in [5, 5.41) is 3.43. The molecule has 3 nitrogen and oxygen atoms in total. The summed E-state index contributed by atoms with van der Waals surface area (Å²) in [5.74, 6) is 0.884. The standard InChI is InChI=1S/C10H19NO2/c1-2-9(1)7-13-6-4-11-10-3-5-12-8-10/h9-11H,1-8H2. The van der Waals surface area contributed by atoms with Crippen LogP contribution in [0.15, 0.2) is 0 Å². The van der Waals surface area contributed by atoms with Gasteiger partial charge in [0.1, 0.15) is 0 Å². The van der Waals surface area contributed by atoms with E-state index in [2.05, 4.69) is 5.32 Å². The van der Waals surface area contributed by atoms with Gasteiger partial charge in [0.15, 0.2) is 0 Å². The maximum Gasteiger partial charge on any atom is 0.0620 e. The van der Waals surface area contributed by atoms with E-state index in [1.54, 1.807) is 0 Å². The Morgan fingerprint density at radius 1 is 1.31 bits per heavy atom. The lowest BCUT2D eigenvalue weighted by Gasteiger charge is -2.10. The Labute approximate surface area is 79.8 Å². The Balaban J connectivity index is 1.39. The molecule has 1 unspecified atom stereocenters. The van der Waals surface area contributed by atoms with Gasteiger partial charge in [0.2, 0.25) is 0 Å². The smallest absolute Gasteiger partial charge is 0.0620 e. The highest BCUT2D eigenvalue weighted by atomic mass is 16.5. The molecule has 1 aliphatic carbocycles. The van der Waals surface area contributed by atoms with Crippen molar-refractivity contribution < 1.29 is 9.47 Å². The Bertz CT molecular complexity index is 142. The topological polar surface area (TPSA) is 30.5 Å². The van der Waals surface area contributed by atoms with Crippen LogP contribution in [0, 0.1) is 5.92 Å². The molecule has 0 radical (unpaired) electrons. The fraction of sp³-hybridized carbons (Fsp3) is 1.00. The van der Waals surface area contributed by atoms with Crippen LogP contribution in [0.3, 0.4) is 0 Å². The summed E-state index contributed by atoms with van der Waals surface area (Å²) < 4.78 is 10.8. The van der Waals surface area contributed by atoms with E-state index in [4.69, 9.17) is 9.47 Å². The van der Waals surface area contributed by atoms with Crippen molar-refractivity contribution in [3.63, 3.8) is 0 Å². The van der Waals surface area contributed by atoms with E-state index >= 15 is 0 Å². The fourth-order valence-corrected chi connectivity index (χ4v) is 1.57. The molecule has 76 valence electrons. The molecule has 0 aromatic rings. The van der Waals surface area contributed by atoms with E-state index in [1.807, 2.05) is 0 Å². The second-order valence-corrected chi connectivity index (χ2v) is 4.03. The average molecular weight is 185 g/mol. The van der Waals surface area contributed by atoms with Gasteiger partial charge in [-0.25, -0.2) is 0 Å². The van der Waals surface area contributed by atoms with Crippen LogP contribution in [0.1, 0.15) is 19.3 Å². The maximum absolute atomic E-state index is 5.51. The molecular weight excluding hydrogens is 166 g/mol. The molecule has 0 amide bonds. The molecule has 1 atom stereocenters. The molecule has 2 aliphatic rings. The number of hydrogen-bond donors (Lipinski definition) is 1. The van der Waals surface area contributed by atoms with E-state index in [0.29, 0.717) is 6.04 Å². The summed E-state index contributed by atoms with van der Waals surface area (Å²) in [6.07, 6.45) is 3.91. The molecule has 0 spiro atoms. The molecular formula is C10H19NO2. The van der Waals surface area contributed by atoms with Crippen molar-refractivity contribution in [1.29, 1.82) is 0 Å². The van der Waals surface area contributed by atoms with Gasteiger partial charge in [0.05, 0.1) is 13.2 Å². The molecule has 2 rings (SSSR count). The summed E-state index contributed by atoms with van der Waals surface area (Å²) in [4.78, 5) is 0. The summed E-state index contributed by atoms with van der Waals surface area (Å²) in [6, 6.07) is 0.574. The Hall–Kier alpha value is -0.120. The lowest BCUT2D eigenvalue weighted by atomic mass is 10.3. The van der Waals surface area contributed by atoms with Crippen molar-refractivity contribution in [3.05, 3.63) is 0 Å². The van der Waals surface area contributed by atoms with E-state index in [9.17, 15) is 0 Å². The first-order chi connectivity index (χ1) is 6.45. The van der Waals surface area contributed by atoms with E-state index in [1.165, 1.54) is 12.8 Å². The molecule has 3 heteroatoms. The molecule has 0 aromatic carbocycles. The van der Waals surface area contributed by atoms with Gasteiger partial charge >= 0.3 is 0 Å². The zero-order valence-electron chi connectivity index (χ0n) is 8.13. The van der Waals surface area contributed by atoms with Crippen molar-refractivity contribution in [2.24, 2.45) is 5.92 Å². The van der Waals surface area contributed by atoms with Gasteiger partial charge in [-0.2, -0.15) is 0 Å². The first-order valence-corrected chi connectivity index (χ1v) is 5.34. The van der Waals surface area contributed by atoms with Crippen LogP contribution in [-0.4, -0.2) is 39.0 Å². The number of rotatable bonds is 6. The summed E-state index contributed by atoms with van der Waals surface area (Å²) in [7, 11) is 0. The SMILES string of the molecule is C(COCC1CC1)NC1CCOC1. The van der Waals surface area contributed by atoms with Crippen LogP contribution in [0.25, 0.3) is 0 Å². The summed E-state index contributed by atoms with van der Waals surface area (Å²) >= 11 is 0. The van der Waals surface area contributed by atoms with Gasteiger partial charge in [-0.1, -0.05) is 0 Å². The minimum atomic E-state index is 0.574. The molecule has 1 saturated carbocycles. The first-order valence-electron chi connectivity index (χ1n) is 5.34. The van der Waals surface area contributed by atoms with Gasteiger partial charge in [0.25, 0.3) is 0 Å². The average Bonchev–Trinajstić information content (AvgIpc) is 2.81. The number of nitrogens with one attached hydrogen (secondary N) is 1. The first kappa shape index (κ1) is 9.44. The minimum absolute atomic E-state index is 0.574. The largest absolute Gasteiger partial charge is 0.380 e. The quantitative estimate of drug-likeness (QED) is 0.621. The Morgan fingerprint density at radius 3 is 2.92 bits per heavy atom. The molecule has 1 heterocycles. The van der Waals surface area contributed by atoms with Gasteiger partial charge in [-0.3, -0.25) is 0 Å². The highest BCUT2D eigenvalue weighted by Crippen LogP contribution is 2.28. The molecule has 1 saturated heterocycles. The zero-order valence-corrected chi connectivity index (χ0v) is 8.13. The van der Waals surface area contributed by atoms with Crippen LogP contribution in [0.2, 0.25) is 0 Å². The van der Waals surface area contributed by atoms with Gasteiger partial charge < -0.3 is 14.8 Å². The van der Waals surface area contributed by atoms with Crippen LogP contribution < -0.4 is 5.32 Å². The second-order valence-electron chi connectivity index (χ2n) is 4.03. The minimum Gasteiger partial charge on any atom is -0.380 e. The molecule has 2 fully saturated rings. The summed E-state index contributed by atoms with van der Waals surface area (Å²) in [5.41, 5.74) is 0. The van der Waals surface area contributed by atoms with E-state index < -0.39 is 0 Å². The normalized spacial score (nSPS) is 28.2. The molecule has 0 bridgehead atoms. The van der Waals surface area contributed by atoms with Gasteiger partial charge in [0, 0.05) is 25.8 Å². The number of ether oxygens (including phenoxy) is 2. The lowest BCUT2D eigenvalue weighted by Crippen LogP contribution is -2.32. The van der Waals surface area contributed by atoms with E-state index in [0.717, 1.165) is 45.3 Å². The van der Waals surface area contributed by atoms with Crippen molar-refractivity contribution in [1.82, 2.24) is 5.32 Å². The predicted octanol–water partition coefficient (Wildman–Crippen LogP) is 0.792. The maximum atomic E-state index is 5.51.